The van der Waals surface area contributed by atoms with E-state index in [1.54, 1.807) is 0 Å². The molecule has 0 fully saturated rings. The third-order valence-corrected chi connectivity index (χ3v) is 9.12. The molecule has 2 atom stereocenters. The summed E-state index contributed by atoms with van der Waals surface area (Å²) in [5.74, 6) is 1.44. The van der Waals surface area contributed by atoms with Gasteiger partial charge < -0.3 is 9.47 Å². The first-order valence-electron chi connectivity index (χ1n) is 16.2. The van der Waals surface area contributed by atoms with E-state index >= 15 is 0 Å². The van der Waals surface area contributed by atoms with Gasteiger partial charge in [-0.1, -0.05) is 155 Å². The second-order valence-corrected chi connectivity index (χ2v) is 12.8. The topological polar surface area (TPSA) is 56.1 Å². The Balaban J connectivity index is 1.31. The fourth-order valence-electron chi connectivity index (χ4n) is 7.05. The third-order valence-electron chi connectivity index (χ3n) is 9.12. The summed E-state index contributed by atoms with van der Waals surface area (Å²) in [4.78, 5) is 15.6. The zero-order valence-corrected chi connectivity index (χ0v) is 26.7. The Morgan fingerprint density at radius 3 is 1.02 bits per heavy atom. The van der Waals surface area contributed by atoms with Gasteiger partial charge in [0, 0.05) is 22.3 Å². The maximum atomic E-state index is 7.04. The molecule has 0 bridgehead atoms. The summed E-state index contributed by atoms with van der Waals surface area (Å²) >= 11 is 0. The van der Waals surface area contributed by atoms with Gasteiger partial charge in [0.05, 0.1) is 0 Å². The Morgan fingerprint density at radius 1 is 0.435 bits per heavy atom. The van der Waals surface area contributed by atoms with Crippen LogP contribution < -0.4 is 0 Å². The van der Waals surface area contributed by atoms with Crippen molar-refractivity contribution in [3.05, 3.63) is 173 Å². The lowest BCUT2D eigenvalue weighted by Gasteiger charge is -2.36. The van der Waals surface area contributed by atoms with Crippen molar-refractivity contribution in [2.45, 2.75) is 51.0 Å². The first-order valence-corrected chi connectivity index (χ1v) is 16.2. The highest BCUT2D eigenvalue weighted by Gasteiger charge is 2.53. The Kier molecular flexibility index (Phi) is 7.77. The van der Waals surface area contributed by atoms with Crippen molar-refractivity contribution in [3.8, 4) is 0 Å². The van der Waals surface area contributed by atoms with Crippen LogP contribution in [0.5, 0.6) is 0 Å². The highest BCUT2D eigenvalue weighted by molar-refractivity contribution is 5.98. The van der Waals surface area contributed by atoms with E-state index in [0.717, 1.165) is 22.3 Å². The smallest absolute Gasteiger partial charge is 0.237 e. The van der Waals surface area contributed by atoms with Crippen LogP contribution in [0.3, 0.4) is 0 Å². The number of hydrogen-bond acceptors (Lipinski definition) is 5. The lowest BCUT2D eigenvalue weighted by Crippen LogP contribution is -2.41. The Labute approximate surface area is 271 Å². The fourth-order valence-corrected chi connectivity index (χ4v) is 7.05. The van der Waals surface area contributed by atoms with Crippen LogP contribution in [0.2, 0.25) is 0 Å². The van der Waals surface area contributed by atoms with Crippen LogP contribution in [0.1, 0.15) is 61.3 Å². The van der Waals surface area contributed by atoms with Gasteiger partial charge in [-0.25, -0.2) is 15.0 Å². The average Bonchev–Trinajstić information content (AvgIpc) is 3.73. The summed E-state index contributed by atoms with van der Waals surface area (Å²) in [5, 5.41) is 0. The van der Waals surface area contributed by atoms with Gasteiger partial charge in [-0.2, -0.15) is 0 Å². The normalized spacial score (nSPS) is 19.8. The average molecular weight is 606 g/mol. The molecule has 2 unspecified atom stereocenters. The van der Waals surface area contributed by atoms with E-state index in [1.165, 1.54) is 0 Å². The van der Waals surface area contributed by atoms with Crippen molar-refractivity contribution in [2.24, 2.45) is 21.8 Å². The van der Waals surface area contributed by atoms with Crippen LogP contribution >= 0.6 is 0 Å². The predicted octanol–water partition coefficient (Wildman–Crippen LogP) is 8.57. The van der Waals surface area contributed by atoms with Crippen LogP contribution in [-0.4, -0.2) is 28.9 Å². The van der Waals surface area contributed by atoms with Crippen molar-refractivity contribution in [1.82, 2.24) is 4.98 Å². The monoisotopic (exact) mass is 605 g/mol. The molecular weight excluding hydrogens is 566 g/mol. The van der Waals surface area contributed by atoms with Gasteiger partial charge in [0.25, 0.3) is 0 Å². The van der Waals surface area contributed by atoms with Crippen molar-refractivity contribution in [3.63, 3.8) is 0 Å². The summed E-state index contributed by atoms with van der Waals surface area (Å²) in [7, 11) is 0. The first kappa shape index (κ1) is 29.7. The molecule has 4 aromatic carbocycles. The number of hydrogen-bond donors (Lipinski definition) is 0. The molecule has 7 rings (SSSR count). The van der Waals surface area contributed by atoms with Crippen LogP contribution in [0, 0.1) is 11.8 Å². The molecule has 0 radical (unpaired) electrons. The van der Waals surface area contributed by atoms with E-state index in [1.807, 2.05) is 42.5 Å². The number of aliphatic imine (C=N–C) groups is 2. The van der Waals surface area contributed by atoms with Crippen LogP contribution in [0.25, 0.3) is 0 Å². The summed E-state index contributed by atoms with van der Waals surface area (Å²) in [5.41, 5.74) is 3.99. The van der Waals surface area contributed by atoms with Crippen molar-refractivity contribution < 1.29 is 9.47 Å². The molecule has 3 heterocycles. The van der Waals surface area contributed by atoms with Gasteiger partial charge in [0.15, 0.2) is 11.2 Å². The Bertz CT molecular complexity index is 1640. The van der Waals surface area contributed by atoms with E-state index in [4.69, 9.17) is 24.4 Å². The molecule has 0 N–H and O–H groups in total. The molecule has 1 aromatic heterocycles. The van der Waals surface area contributed by atoms with Crippen LogP contribution in [0.15, 0.2) is 150 Å². The highest BCUT2D eigenvalue weighted by atomic mass is 16.5. The van der Waals surface area contributed by atoms with Gasteiger partial charge in [-0.05, 0) is 24.0 Å². The second-order valence-electron chi connectivity index (χ2n) is 12.8. The molecule has 2 aliphatic heterocycles. The summed E-state index contributed by atoms with van der Waals surface area (Å²) in [6, 6.07) is 47.2. The van der Waals surface area contributed by atoms with Gasteiger partial charge in [0.2, 0.25) is 11.8 Å². The zero-order valence-electron chi connectivity index (χ0n) is 26.7. The summed E-state index contributed by atoms with van der Waals surface area (Å²) < 4.78 is 14.1. The van der Waals surface area contributed by atoms with E-state index in [-0.39, 0.29) is 23.9 Å². The minimum atomic E-state index is -0.788. The number of aromatic nitrogens is 1. The molecule has 0 spiro atoms. The number of ether oxygens (including phenoxy) is 2. The highest BCUT2D eigenvalue weighted by Crippen LogP contribution is 2.47. The standard InChI is InChI=1S/C41H39N3O2/c1-28(2)36-40(30-18-9-5-10-19-30,31-20-11-6-12-21-31)45-38(43-36)34-26-17-27-35(42-34)39-44-37(29(3)4)41(46-39,32-22-13-7-14-23-32)33-24-15-8-16-25-33/h5-29,36-37H,1-4H3. The van der Waals surface area contributed by atoms with Crippen molar-refractivity contribution in [1.29, 1.82) is 0 Å². The van der Waals surface area contributed by atoms with E-state index in [9.17, 15) is 0 Å². The molecule has 0 saturated heterocycles. The minimum Gasteiger partial charge on any atom is -0.458 e. The Hall–Kier alpha value is -5.03. The molecular formula is C41H39N3O2. The summed E-state index contributed by atoms with van der Waals surface area (Å²) in [6.07, 6.45) is 0. The lowest BCUT2D eigenvalue weighted by molar-refractivity contribution is 0.0807. The second kappa shape index (κ2) is 12.1. The lowest BCUT2D eigenvalue weighted by atomic mass is 9.76. The van der Waals surface area contributed by atoms with E-state index in [2.05, 4.69) is 125 Å². The number of nitrogens with zero attached hydrogens (tertiary/aromatic N) is 3. The maximum absolute atomic E-state index is 7.04. The van der Waals surface area contributed by atoms with Gasteiger partial charge in [0.1, 0.15) is 23.5 Å². The SMILES string of the molecule is CC(C)C1N=C(c2cccc(C3=NC(C(C)C)C(c4ccccc4)(c4ccccc4)O3)n2)OC1(c1ccccc1)c1ccccc1. The molecule has 46 heavy (non-hydrogen) atoms. The number of pyridine rings is 1. The Morgan fingerprint density at radius 2 is 0.739 bits per heavy atom. The van der Waals surface area contributed by atoms with Gasteiger partial charge in [-0.15, -0.1) is 0 Å². The quantitative estimate of drug-likeness (QED) is 0.178. The molecule has 0 aliphatic carbocycles. The van der Waals surface area contributed by atoms with Crippen molar-refractivity contribution >= 4 is 11.8 Å². The number of rotatable bonds is 8. The van der Waals surface area contributed by atoms with Gasteiger partial charge >= 0.3 is 0 Å². The predicted molar refractivity (Wildman–Crippen MR) is 184 cm³/mol. The molecule has 5 heteroatoms. The largest absolute Gasteiger partial charge is 0.458 e. The van der Waals surface area contributed by atoms with Crippen LogP contribution in [0.4, 0.5) is 0 Å². The maximum Gasteiger partial charge on any atom is 0.237 e. The van der Waals surface area contributed by atoms with Crippen molar-refractivity contribution in [2.75, 3.05) is 0 Å². The van der Waals surface area contributed by atoms with E-state index in [0.29, 0.717) is 23.2 Å². The van der Waals surface area contributed by atoms with Crippen LogP contribution in [-0.2, 0) is 20.7 Å². The van der Waals surface area contributed by atoms with Gasteiger partial charge in [-0.3, -0.25) is 0 Å². The minimum absolute atomic E-state index is 0.160. The molecule has 230 valence electrons. The molecule has 5 aromatic rings. The third kappa shape index (κ3) is 4.91. The fraction of sp³-hybridized carbons (Fsp3) is 0.244. The van der Waals surface area contributed by atoms with E-state index < -0.39 is 11.2 Å². The zero-order chi connectivity index (χ0) is 31.7. The number of benzene rings is 4. The summed E-state index contributed by atoms with van der Waals surface area (Å²) in [6.45, 7) is 8.80. The molecule has 0 amide bonds. The first-order chi connectivity index (χ1) is 22.4. The molecule has 2 aliphatic rings. The molecule has 5 nitrogen and oxygen atoms in total. The molecule has 0 saturated carbocycles.